The van der Waals surface area contributed by atoms with Gasteiger partial charge in [-0.05, 0) is 52.4 Å². The van der Waals surface area contributed by atoms with Gasteiger partial charge < -0.3 is 20.7 Å². The lowest BCUT2D eigenvalue weighted by Crippen LogP contribution is -2.45. The van der Waals surface area contributed by atoms with Gasteiger partial charge in [-0.2, -0.15) is 0 Å². The van der Waals surface area contributed by atoms with Crippen molar-refractivity contribution >= 4 is 36.0 Å². The molecule has 3 N–H and O–H groups in total. The molecule has 0 aromatic carbocycles. The van der Waals surface area contributed by atoms with Crippen molar-refractivity contribution in [2.45, 2.75) is 66.0 Å². The molecule has 0 aromatic heterocycles. The summed E-state index contributed by atoms with van der Waals surface area (Å²) in [6.07, 6.45) is 2.23. The van der Waals surface area contributed by atoms with Crippen LogP contribution in [0.5, 0.6) is 0 Å². The van der Waals surface area contributed by atoms with E-state index in [9.17, 15) is 4.79 Å². The van der Waals surface area contributed by atoms with Gasteiger partial charge in [-0.15, -0.1) is 24.0 Å². The molecule has 0 aromatic rings. The van der Waals surface area contributed by atoms with E-state index >= 15 is 0 Å². The van der Waals surface area contributed by atoms with Gasteiger partial charge >= 0.3 is 6.09 Å². The van der Waals surface area contributed by atoms with Crippen molar-refractivity contribution in [2.75, 3.05) is 19.6 Å². The van der Waals surface area contributed by atoms with E-state index in [2.05, 4.69) is 34.8 Å². The molecule has 1 aliphatic carbocycles. The molecule has 142 valence electrons. The Hall–Kier alpha value is -0.730. The Balaban J connectivity index is 0.00000529. The van der Waals surface area contributed by atoms with Crippen LogP contribution < -0.4 is 16.0 Å². The molecule has 7 heteroatoms. The van der Waals surface area contributed by atoms with Crippen LogP contribution >= 0.6 is 24.0 Å². The Morgan fingerprint density at radius 3 is 2.33 bits per heavy atom. The van der Waals surface area contributed by atoms with Crippen LogP contribution in [0.15, 0.2) is 4.99 Å². The minimum absolute atomic E-state index is 0. The summed E-state index contributed by atoms with van der Waals surface area (Å²) in [6.45, 7) is 14.1. The monoisotopic (exact) mass is 454 g/mol. The second kappa shape index (κ2) is 11.0. The van der Waals surface area contributed by atoms with E-state index in [-0.39, 0.29) is 42.0 Å². The first-order valence-corrected chi connectivity index (χ1v) is 8.73. The van der Waals surface area contributed by atoms with E-state index in [4.69, 9.17) is 4.74 Å². The van der Waals surface area contributed by atoms with Crippen LogP contribution in [-0.2, 0) is 4.74 Å². The molecule has 0 heterocycles. The third kappa shape index (κ3) is 10.9. The summed E-state index contributed by atoms with van der Waals surface area (Å²) in [5, 5.41) is 9.53. The first-order chi connectivity index (χ1) is 10.7. The number of hydrogen-bond donors (Lipinski definition) is 3. The van der Waals surface area contributed by atoms with Crippen LogP contribution in [-0.4, -0.2) is 43.3 Å². The highest BCUT2D eigenvalue weighted by atomic mass is 127. The van der Waals surface area contributed by atoms with Crippen molar-refractivity contribution in [3.8, 4) is 0 Å². The quantitative estimate of drug-likeness (QED) is 0.314. The number of carbonyl (C=O) groups excluding carboxylic acids is 1. The summed E-state index contributed by atoms with van der Waals surface area (Å²) < 4.78 is 5.33. The molecule has 24 heavy (non-hydrogen) atoms. The molecular weight excluding hydrogens is 419 g/mol. The van der Waals surface area contributed by atoms with Crippen LogP contribution in [0, 0.1) is 11.8 Å². The van der Waals surface area contributed by atoms with E-state index in [0.29, 0.717) is 6.54 Å². The molecule has 1 fully saturated rings. The lowest BCUT2D eigenvalue weighted by atomic mass is 10.1. The molecule has 1 amide bonds. The van der Waals surface area contributed by atoms with Crippen LogP contribution in [0.25, 0.3) is 0 Å². The maximum absolute atomic E-state index is 12.0. The minimum Gasteiger partial charge on any atom is -0.444 e. The fourth-order valence-electron chi connectivity index (χ4n) is 1.98. The number of ether oxygens (including phenoxy) is 1. The lowest BCUT2D eigenvalue weighted by molar-refractivity contribution is 0.0493. The maximum atomic E-state index is 12.0. The highest BCUT2D eigenvalue weighted by molar-refractivity contribution is 14.0. The lowest BCUT2D eigenvalue weighted by Gasteiger charge is -2.25. The Morgan fingerprint density at radius 1 is 1.25 bits per heavy atom. The molecular formula is C17H35IN4O2. The average Bonchev–Trinajstić information content (AvgIpc) is 3.22. The number of nitrogens with zero attached hydrogens (tertiary/aromatic N) is 1. The van der Waals surface area contributed by atoms with Crippen molar-refractivity contribution < 1.29 is 9.53 Å². The van der Waals surface area contributed by atoms with Crippen LogP contribution in [0.3, 0.4) is 0 Å². The predicted octanol–water partition coefficient (Wildman–Crippen LogP) is 3.12. The first kappa shape index (κ1) is 23.3. The first-order valence-electron chi connectivity index (χ1n) is 8.73. The number of carbonyl (C=O) groups is 1. The van der Waals surface area contributed by atoms with Crippen molar-refractivity contribution in [3.63, 3.8) is 0 Å². The van der Waals surface area contributed by atoms with Gasteiger partial charge in [0.1, 0.15) is 5.60 Å². The van der Waals surface area contributed by atoms with E-state index in [1.54, 1.807) is 0 Å². The van der Waals surface area contributed by atoms with Gasteiger partial charge in [0.25, 0.3) is 0 Å². The molecule has 6 nitrogen and oxygen atoms in total. The molecule has 0 aliphatic heterocycles. The number of amides is 1. The SMILES string of the molecule is CCNC(=NCC(NC(=O)OC(C)(C)C)C(C)C)NCC1CC1.I. The van der Waals surface area contributed by atoms with Gasteiger partial charge in [0.05, 0.1) is 12.6 Å². The largest absolute Gasteiger partial charge is 0.444 e. The Bertz CT molecular complexity index is 404. The van der Waals surface area contributed by atoms with Crippen molar-refractivity contribution in [3.05, 3.63) is 0 Å². The summed E-state index contributed by atoms with van der Waals surface area (Å²) in [5.41, 5.74) is -0.490. The number of hydrogen-bond acceptors (Lipinski definition) is 3. The Labute approximate surface area is 164 Å². The molecule has 1 atom stereocenters. The summed E-state index contributed by atoms with van der Waals surface area (Å²) in [4.78, 5) is 16.6. The summed E-state index contributed by atoms with van der Waals surface area (Å²) in [5.74, 6) is 1.88. The van der Waals surface area contributed by atoms with Crippen molar-refractivity contribution in [1.29, 1.82) is 0 Å². The van der Waals surface area contributed by atoms with Gasteiger partial charge in [-0.3, -0.25) is 4.99 Å². The minimum atomic E-state index is -0.490. The van der Waals surface area contributed by atoms with E-state index in [1.165, 1.54) is 12.8 Å². The number of nitrogens with one attached hydrogen (secondary N) is 3. The fraction of sp³-hybridized carbons (Fsp3) is 0.882. The van der Waals surface area contributed by atoms with Gasteiger partial charge in [0, 0.05) is 13.1 Å². The standard InChI is InChI=1S/C17H34N4O2.HI/c1-7-18-15(19-10-13-8-9-13)20-11-14(12(2)3)21-16(22)23-17(4,5)6;/h12-14H,7-11H2,1-6H3,(H,21,22)(H2,18,19,20);1H. The molecule has 1 unspecified atom stereocenters. The smallest absolute Gasteiger partial charge is 0.407 e. The van der Waals surface area contributed by atoms with E-state index < -0.39 is 5.60 Å². The third-order valence-corrected chi connectivity index (χ3v) is 3.55. The second-order valence-electron chi connectivity index (χ2n) is 7.54. The molecule has 0 spiro atoms. The normalized spacial score (nSPS) is 16.2. The molecule has 0 bridgehead atoms. The van der Waals surface area contributed by atoms with Crippen LogP contribution in [0.1, 0.15) is 54.4 Å². The van der Waals surface area contributed by atoms with Crippen molar-refractivity contribution in [1.82, 2.24) is 16.0 Å². The van der Waals surface area contributed by atoms with Crippen LogP contribution in [0.2, 0.25) is 0 Å². The number of aliphatic imine (C=N–C) groups is 1. The average molecular weight is 454 g/mol. The molecule has 1 saturated carbocycles. The van der Waals surface area contributed by atoms with Gasteiger partial charge in [-0.25, -0.2) is 4.79 Å². The summed E-state index contributed by atoms with van der Waals surface area (Å²) in [6, 6.07) is -0.0544. The summed E-state index contributed by atoms with van der Waals surface area (Å²) >= 11 is 0. The Morgan fingerprint density at radius 2 is 1.88 bits per heavy atom. The zero-order valence-electron chi connectivity index (χ0n) is 15.9. The zero-order chi connectivity index (χ0) is 17.5. The molecule has 0 saturated heterocycles. The number of rotatable bonds is 7. The van der Waals surface area contributed by atoms with Gasteiger partial charge in [0.15, 0.2) is 5.96 Å². The third-order valence-electron chi connectivity index (χ3n) is 3.55. The number of alkyl carbamates (subject to hydrolysis) is 1. The Kier molecular flexibility index (Phi) is 10.7. The highest BCUT2D eigenvalue weighted by Gasteiger charge is 2.22. The number of guanidine groups is 1. The second-order valence-corrected chi connectivity index (χ2v) is 7.54. The van der Waals surface area contributed by atoms with E-state index in [0.717, 1.165) is 25.0 Å². The predicted molar refractivity (Wildman–Crippen MR) is 110 cm³/mol. The highest BCUT2D eigenvalue weighted by Crippen LogP contribution is 2.27. The van der Waals surface area contributed by atoms with Gasteiger partial charge in [-0.1, -0.05) is 13.8 Å². The summed E-state index contributed by atoms with van der Waals surface area (Å²) in [7, 11) is 0. The fourth-order valence-corrected chi connectivity index (χ4v) is 1.98. The molecule has 0 radical (unpaired) electrons. The van der Waals surface area contributed by atoms with Crippen molar-refractivity contribution in [2.24, 2.45) is 16.8 Å². The molecule has 1 aliphatic rings. The van der Waals surface area contributed by atoms with Crippen LogP contribution in [0.4, 0.5) is 4.79 Å². The topological polar surface area (TPSA) is 74.8 Å². The maximum Gasteiger partial charge on any atom is 0.407 e. The number of halogens is 1. The van der Waals surface area contributed by atoms with Gasteiger partial charge in [0.2, 0.25) is 0 Å². The molecule has 1 rings (SSSR count). The zero-order valence-corrected chi connectivity index (χ0v) is 18.3. The van der Waals surface area contributed by atoms with E-state index in [1.807, 2.05) is 27.7 Å².